The Labute approximate surface area is 163 Å². The number of carbonyl (C=O) groups is 1. The van der Waals surface area contributed by atoms with Crippen LogP contribution in [-0.2, 0) is 11.3 Å². The molecule has 2 aromatic carbocycles. The number of rotatable bonds is 6. The van der Waals surface area contributed by atoms with Crippen molar-refractivity contribution in [3.05, 3.63) is 65.2 Å². The van der Waals surface area contributed by atoms with Gasteiger partial charge in [-0.05, 0) is 41.7 Å². The second-order valence-electron chi connectivity index (χ2n) is 7.80. The number of anilines is 1. The quantitative estimate of drug-likeness (QED) is 0.844. The molecule has 4 heteroatoms. The number of hydrogen-bond donors (Lipinski definition) is 1. The lowest BCUT2D eigenvalue weighted by Crippen LogP contribution is -2.48. The van der Waals surface area contributed by atoms with Crippen LogP contribution in [0.2, 0.25) is 0 Å². The van der Waals surface area contributed by atoms with Crippen molar-refractivity contribution in [1.82, 2.24) is 9.80 Å². The first-order chi connectivity index (χ1) is 13.0. The van der Waals surface area contributed by atoms with Gasteiger partial charge in [-0.15, -0.1) is 0 Å². The van der Waals surface area contributed by atoms with Crippen molar-refractivity contribution in [2.45, 2.75) is 33.2 Å². The molecule has 4 nitrogen and oxygen atoms in total. The summed E-state index contributed by atoms with van der Waals surface area (Å²) >= 11 is 0. The summed E-state index contributed by atoms with van der Waals surface area (Å²) in [6, 6.07) is 16.7. The number of hydrogen-bond acceptors (Lipinski definition) is 3. The summed E-state index contributed by atoms with van der Waals surface area (Å²) in [4.78, 5) is 17.1. The van der Waals surface area contributed by atoms with E-state index in [1.54, 1.807) is 0 Å². The van der Waals surface area contributed by atoms with Crippen LogP contribution in [0.1, 0.15) is 36.5 Å². The number of nitrogens with zero attached hydrogens (tertiary/aromatic N) is 2. The van der Waals surface area contributed by atoms with Gasteiger partial charge < -0.3 is 5.32 Å². The molecule has 0 aliphatic carbocycles. The summed E-state index contributed by atoms with van der Waals surface area (Å²) in [5, 5.41) is 3.02. The van der Waals surface area contributed by atoms with Crippen LogP contribution < -0.4 is 5.32 Å². The predicted octanol–water partition coefficient (Wildman–Crippen LogP) is 3.87. The van der Waals surface area contributed by atoms with Crippen LogP contribution in [0.5, 0.6) is 0 Å². The maximum atomic E-state index is 12.4. The summed E-state index contributed by atoms with van der Waals surface area (Å²) in [6.07, 6.45) is 0. The molecule has 0 unspecified atom stereocenters. The molecule has 1 heterocycles. The highest BCUT2D eigenvalue weighted by Crippen LogP contribution is 2.17. The van der Waals surface area contributed by atoms with Crippen LogP contribution in [0.4, 0.5) is 5.69 Å². The second kappa shape index (κ2) is 9.16. The number of carbonyl (C=O) groups excluding carboxylic acids is 1. The number of piperazine rings is 1. The molecular weight excluding hydrogens is 334 g/mol. The fraction of sp³-hybridized carbons (Fsp3) is 0.435. The minimum absolute atomic E-state index is 0.0691. The van der Waals surface area contributed by atoms with E-state index in [1.807, 2.05) is 12.1 Å². The number of nitrogens with one attached hydrogen (secondary N) is 1. The van der Waals surface area contributed by atoms with Gasteiger partial charge in [0.1, 0.15) is 0 Å². The SMILES string of the molecule is Cc1ccccc1CN1CCN(CC(=O)Nc2ccc(C(C)C)cc2)CC1. The van der Waals surface area contributed by atoms with Crippen molar-refractivity contribution in [1.29, 1.82) is 0 Å². The minimum Gasteiger partial charge on any atom is -0.325 e. The molecule has 144 valence electrons. The van der Waals surface area contributed by atoms with Crippen molar-refractivity contribution < 1.29 is 4.79 Å². The zero-order valence-electron chi connectivity index (χ0n) is 16.7. The van der Waals surface area contributed by atoms with Gasteiger partial charge in [-0.3, -0.25) is 14.6 Å². The molecule has 1 saturated heterocycles. The van der Waals surface area contributed by atoms with E-state index in [0.717, 1.165) is 38.4 Å². The fourth-order valence-corrected chi connectivity index (χ4v) is 3.49. The number of aryl methyl sites for hydroxylation is 1. The molecular formula is C23H31N3O. The van der Waals surface area contributed by atoms with Gasteiger partial charge in [-0.1, -0.05) is 50.2 Å². The van der Waals surface area contributed by atoms with Crippen molar-refractivity contribution in [3.63, 3.8) is 0 Å². The summed E-state index contributed by atoms with van der Waals surface area (Å²) in [6.45, 7) is 11.9. The van der Waals surface area contributed by atoms with Gasteiger partial charge in [0.2, 0.25) is 5.91 Å². The van der Waals surface area contributed by atoms with E-state index >= 15 is 0 Å². The third-order valence-corrected chi connectivity index (χ3v) is 5.35. The van der Waals surface area contributed by atoms with Crippen molar-refractivity contribution >= 4 is 11.6 Å². The standard InChI is InChI=1S/C23H31N3O/c1-18(2)20-8-10-22(11-9-20)24-23(27)17-26-14-12-25(13-15-26)16-21-7-5-4-6-19(21)3/h4-11,18H,12-17H2,1-3H3,(H,24,27). The number of benzene rings is 2. The maximum absolute atomic E-state index is 12.4. The molecule has 2 aromatic rings. The molecule has 0 bridgehead atoms. The van der Waals surface area contributed by atoms with E-state index in [-0.39, 0.29) is 5.91 Å². The molecule has 0 radical (unpaired) electrons. The fourth-order valence-electron chi connectivity index (χ4n) is 3.49. The molecule has 0 atom stereocenters. The van der Waals surface area contributed by atoms with E-state index in [2.05, 4.69) is 72.3 Å². The molecule has 0 aromatic heterocycles. The predicted molar refractivity (Wildman–Crippen MR) is 112 cm³/mol. The lowest BCUT2D eigenvalue weighted by Gasteiger charge is -2.34. The Hall–Kier alpha value is -2.17. The molecule has 0 saturated carbocycles. The zero-order valence-corrected chi connectivity index (χ0v) is 16.7. The summed E-state index contributed by atoms with van der Waals surface area (Å²) in [7, 11) is 0. The van der Waals surface area contributed by atoms with Crippen molar-refractivity contribution in [3.8, 4) is 0 Å². The van der Waals surface area contributed by atoms with Gasteiger partial charge in [0.05, 0.1) is 6.54 Å². The Morgan fingerprint density at radius 1 is 0.963 bits per heavy atom. The van der Waals surface area contributed by atoms with Gasteiger partial charge in [0.25, 0.3) is 0 Å². The van der Waals surface area contributed by atoms with Gasteiger partial charge in [-0.25, -0.2) is 0 Å². The van der Waals surface area contributed by atoms with E-state index in [4.69, 9.17) is 0 Å². The van der Waals surface area contributed by atoms with E-state index in [1.165, 1.54) is 16.7 Å². The normalized spacial score (nSPS) is 15.9. The Morgan fingerprint density at radius 3 is 2.22 bits per heavy atom. The third-order valence-electron chi connectivity index (χ3n) is 5.35. The van der Waals surface area contributed by atoms with Crippen molar-refractivity contribution in [2.75, 3.05) is 38.0 Å². The van der Waals surface area contributed by atoms with Gasteiger partial charge in [0, 0.05) is 38.4 Å². The van der Waals surface area contributed by atoms with Gasteiger partial charge >= 0.3 is 0 Å². The summed E-state index contributed by atoms with van der Waals surface area (Å²) < 4.78 is 0. The molecule has 1 amide bonds. The Kier molecular flexibility index (Phi) is 6.64. The Bertz CT molecular complexity index is 746. The molecule has 1 aliphatic rings. The maximum Gasteiger partial charge on any atom is 0.238 e. The largest absolute Gasteiger partial charge is 0.325 e. The first kappa shape index (κ1) is 19.6. The smallest absolute Gasteiger partial charge is 0.238 e. The third kappa shape index (κ3) is 5.65. The first-order valence-electron chi connectivity index (χ1n) is 9.90. The average molecular weight is 366 g/mol. The highest BCUT2D eigenvalue weighted by Gasteiger charge is 2.19. The van der Waals surface area contributed by atoms with E-state index in [9.17, 15) is 4.79 Å². The van der Waals surface area contributed by atoms with Crippen LogP contribution in [0.15, 0.2) is 48.5 Å². The van der Waals surface area contributed by atoms with Gasteiger partial charge in [-0.2, -0.15) is 0 Å². The molecule has 0 spiro atoms. The van der Waals surface area contributed by atoms with Crippen LogP contribution in [0.25, 0.3) is 0 Å². The molecule has 3 rings (SSSR count). The van der Waals surface area contributed by atoms with E-state index < -0.39 is 0 Å². The van der Waals surface area contributed by atoms with E-state index in [0.29, 0.717) is 12.5 Å². The van der Waals surface area contributed by atoms with Crippen LogP contribution >= 0.6 is 0 Å². The first-order valence-corrected chi connectivity index (χ1v) is 9.90. The minimum atomic E-state index is 0.0691. The van der Waals surface area contributed by atoms with Crippen LogP contribution in [0, 0.1) is 6.92 Å². The highest BCUT2D eigenvalue weighted by molar-refractivity contribution is 5.92. The topological polar surface area (TPSA) is 35.6 Å². The monoisotopic (exact) mass is 365 g/mol. The zero-order chi connectivity index (χ0) is 19.2. The molecule has 1 fully saturated rings. The molecule has 27 heavy (non-hydrogen) atoms. The summed E-state index contributed by atoms with van der Waals surface area (Å²) in [5.74, 6) is 0.574. The summed E-state index contributed by atoms with van der Waals surface area (Å²) in [5.41, 5.74) is 4.91. The van der Waals surface area contributed by atoms with Gasteiger partial charge in [0.15, 0.2) is 0 Å². The van der Waals surface area contributed by atoms with Crippen molar-refractivity contribution in [2.24, 2.45) is 0 Å². The Balaban J connectivity index is 1.43. The molecule has 1 aliphatic heterocycles. The lowest BCUT2D eigenvalue weighted by atomic mass is 10.0. The second-order valence-corrected chi connectivity index (χ2v) is 7.80. The van der Waals surface area contributed by atoms with Crippen LogP contribution in [-0.4, -0.2) is 48.4 Å². The molecule has 1 N–H and O–H groups in total. The Morgan fingerprint density at radius 2 is 1.59 bits per heavy atom. The average Bonchev–Trinajstić information content (AvgIpc) is 2.65. The lowest BCUT2D eigenvalue weighted by molar-refractivity contribution is -0.117. The van der Waals surface area contributed by atoms with Crippen LogP contribution in [0.3, 0.4) is 0 Å². The number of amides is 1. The highest BCUT2D eigenvalue weighted by atomic mass is 16.2.